The molecule has 1 N–H and O–H groups in total. The molecule has 144 valence electrons. The lowest BCUT2D eigenvalue weighted by atomic mass is 10.1. The zero-order valence-electron chi connectivity index (χ0n) is 15.7. The first kappa shape index (κ1) is 17.1. The predicted octanol–water partition coefficient (Wildman–Crippen LogP) is 3.13. The minimum absolute atomic E-state index is 0.0885. The number of anilines is 2. The summed E-state index contributed by atoms with van der Waals surface area (Å²) >= 11 is 0. The molecule has 1 fully saturated rings. The molecule has 0 bridgehead atoms. The highest BCUT2D eigenvalue weighted by atomic mass is 16.5. The lowest BCUT2D eigenvalue weighted by Crippen LogP contribution is -2.47. The van der Waals surface area contributed by atoms with E-state index in [-0.39, 0.29) is 12.5 Å². The number of nitrogens with one attached hydrogen (secondary N) is 1. The van der Waals surface area contributed by atoms with Crippen molar-refractivity contribution in [2.75, 3.05) is 49.5 Å². The van der Waals surface area contributed by atoms with Crippen LogP contribution in [0.1, 0.15) is 5.56 Å². The molecule has 6 nitrogen and oxygen atoms in total. The highest BCUT2D eigenvalue weighted by Crippen LogP contribution is 2.29. The maximum atomic E-state index is 11.5. The molecule has 2 aliphatic rings. The van der Waals surface area contributed by atoms with Crippen molar-refractivity contribution >= 4 is 28.3 Å². The molecular formula is C22H23N3O3. The number of benzene rings is 2. The second kappa shape index (κ2) is 7.20. The zero-order chi connectivity index (χ0) is 18.9. The van der Waals surface area contributed by atoms with Gasteiger partial charge in [-0.3, -0.25) is 9.69 Å². The SMILES string of the molecule is O=C1COc2ccc(CCN3CCN(c4ccc5occc5c4)CC3)cc2N1. The standard InChI is InChI=1S/C22H23N3O3/c26-22-15-28-21-3-1-16(13-19(21)23-22)5-7-24-8-10-25(11-9-24)18-2-4-20-17(14-18)6-12-27-20/h1-4,6,12-14H,5,7-11,15H2,(H,23,26). The van der Waals surface area contributed by atoms with E-state index in [1.54, 1.807) is 6.26 Å². The molecule has 1 aromatic heterocycles. The van der Waals surface area contributed by atoms with Gasteiger partial charge < -0.3 is 19.4 Å². The van der Waals surface area contributed by atoms with Crippen LogP contribution < -0.4 is 15.0 Å². The third-order valence-electron chi connectivity index (χ3n) is 5.57. The molecule has 0 spiro atoms. The van der Waals surface area contributed by atoms with E-state index in [9.17, 15) is 4.79 Å². The molecule has 1 amide bonds. The molecule has 1 saturated heterocycles. The lowest BCUT2D eigenvalue weighted by molar-refractivity contribution is -0.118. The van der Waals surface area contributed by atoms with Crippen LogP contribution in [-0.4, -0.2) is 50.1 Å². The van der Waals surface area contributed by atoms with Gasteiger partial charge in [0.15, 0.2) is 6.61 Å². The fraction of sp³-hybridized carbons (Fsp3) is 0.318. The summed E-state index contributed by atoms with van der Waals surface area (Å²) in [6.45, 7) is 5.27. The van der Waals surface area contributed by atoms with E-state index in [2.05, 4.69) is 39.4 Å². The van der Waals surface area contributed by atoms with Crippen LogP contribution in [0.2, 0.25) is 0 Å². The van der Waals surface area contributed by atoms with E-state index in [4.69, 9.17) is 9.15 Å². The molecule has 28 heavy (non-hydrogen) atoms. The zero-order valence-corrected chi connectivity index (χ0v) is 15.7. The Bertz CT molecular complexity index is 1010. The fourth-order valence-electron chi connectivity index (χ4n) is 3.95. The molecular weight excluding hydrogens is 354 g/mol. The van der Waals surface area contributed by atoms with Crippen molar-refractivity contribution < 1.29 is 13.9 Å². The van der Waals surface area contributed by atoms with Crippen LogP contribution in [-0.2, 0) is 11.2 Å². The lowest BCUT2D eigenvalue weighted by Gasteiger charge is -2.36. The first-order valence-electron chi connectivity index (χ1n) is 9.75. The van der Waals surface area contributed by atoms with Crippen LogP contribution in [0.25, 0.3) is 11.0 Å². The Morgan fingerprint density at radius 1 is 1.00 bits per heavy atom. The first-order chi connectivity index (χ1) is 13.7. The van der Waals surface area contributed by atoms with E-state index >= 15 is 0 Å². The molecule has 6 heteroatoms. The summed E-state index contributed by atoms with van der Waals surface area (Å²) in [5, 5.41) is 4.04. The van der Waals surface area contributed by atoms with Crippen LogP contribution >= 0.6 is 0 Å². The Labute approximate surface area is 163 Å². The van der Waals surface area contributed by atoms with Crippen LogP contribution in [0.3, 0.4) is 0 Å². The number of amides is 1. The summed E-state index contributed by atoms with van der Waals surface area (Å²) in [5.41, 5.74) is 4.21. The fourth-order valence-corrected chi connectivity index (χ4v) is 3.95. The third-order valence-corrected chi connectivity index (χ3v) is 5.57. The number of piperazine rings is 1. The summed E-state index contributed by atoms with van der Waals surface area (Å²) in [5.74, 6) is 0.668. The number of ether oxygens (including phenoxy) is 1. The van der Waals surface area contributed by atoms with Crippen LogP contribution in [0.4, 0.5) is 11.4 Å². The molecule has 0 saturated carbocycles. The quantitative estimate of drug-likeness (QED) is 0.757. The van der Waals surface area contributed by atoms with Gasteiger partial charge in [0.25, 0.3) is 5.91 Å². The van der Waals surface area contributed by atoms with E-state index in [0.29, 0.717) is 0 Å². The second-order valence-electron chi connectivity index (χ2n) is 7.39. The van der Waals surface area contributed by atoms with Crippen molar-refractivity contribution in [3.8, 4) is 5.75 Å². The number of furan rings is 1. The number of rotatable bonds is 4. The van der Waals surface area contributed by atoms with Gasteiger partial charge in [-0.1, -0.05) is 6.07 Å². The summed E-state index contributed by atoms with van der Waals surface area (Å²) in [6.07, 6.45) is 2.70. The van der Waals surface area contributed by atoms with Gasteiger partial charge in [-0.25, -0.2) is 0 Å². The van der Waals surface area contributed by atoms with Gasteiger partial charge in [0.2, 0.25) is 0 Å². The summed E-state index contributed by atoms with van der Waals surface area (Å²) in [7, 11) is 0. The van der Waals surface area contributed by atoms with Crippen molar-refractivity contribution in [2.24, 2.45) is 0 Å². The molecule has 0 unspecified atom stereocenters. The average molecular weight is 377 g/mol. The number of carbonyl (C=O) groups excluding carboxylic acids is 1. The average Bonchev–Trinajstić information content (AvgIpc) is 3.20. The maximum Gasteiger partial charge on any atom is 0.262 e. The molecule has 2 aliphatic heterocycles. The number of nitrogens with zero attached hydrogens (tertiary/aromatic N) is 2. The Hall–Kier alpha value is -2.99. The highest BCUT2D eigenvalue weighted by molar-refractivity contribution is 5.95. The van der Waals surface area contributed by atoms with Crippen LogP contribution in [0.15, 0.2) is 53.1 Å². The van der Waals surface area contributed by atoms with Gasteiger partial charge in [-0.15, -0.1) is 0 Å². The van der Waals surface area contributed by atoms with Crippen molar-refractivity contribution in [3.63, 3.8) is 0 Å². The minimum atomic E-state index is -0.0885. The molecule has 2 aromatic carbocycles. The van der Waals surface area contributed by atoms with Crippen molar-refractivity contribution in [1.82, 2.24) is 4.90 Å². The maximum absolute atomic E-state index is 11.5. The second-order valence-corrected chi connectivity index (χ2v) is 7.39. The van der Waals surface area contributed by atoms with Gasteiger partial charge in [-0.05, 0) is 48.4 Å². The topological polar surface area (TPSA) is 58.0 Å². The molecule has 3 heterocycles. The van der Waals surface area contributed by atoms with Gasteiger partial charge in [-0.2, -0.15) is 0 Å². The highest BCUT2D eigenvalue weighted by Gasteiger charge is 2.19. The van der Waals surface area contributed by atoms with Crippen LogP contribution in [0.5, 0.6) is 5.75 Å². The van der Waals surface area contributed by atoms with E-state index in [1.807, 2.05) is 18.2 Å². The Balaban J connectivity index is 1.16. The normalized spacial score (nSPS) is 17.3. The Morgan fingerprint density at radius 2 is 1.89 bits per heavy atom. The van der Waals surface area contributed by atoms with E-state index in [0.717, 1.165) is 61.6 Å². The molecule has 3 aromatic rings. The van der Waals surface area contributed by atoms with E-state index < -0.39 is 0 Å². The van der Waals surface area contributed by atoms with Crippen molar-refractivity contribution in [3.05, 3.63) is 54.3 Å². The molecule has 0 atom stereocenters. The smallest absolute Gasteiger partial charge is 0.262 e. The number of hydrogen-bond donors (Lipinski definition) is 1. The summed E-state index contributed by atoms with van der Waals surface area (Å²) in [4.78, 5) is 16.4. The van der Waals surface area contributed by atoms with Gasteiger partial charge in [0, 0.05) is 43.8 Å². The van der Waals surface area contributed by atoms with Crippen LogP contribution in [0, 0.1) is 0 Å². The molecule has 0 aliphatic carbocycles. The van der Waals surface area contributed by atoms with Crippen molar-refractivity contribution in [1.29, 1.82) is 0 Å². The monoisotopic (exact) mass is 377 g/mol. The largest absolute Gasteiger partial charge is 0.482 e. The Morgan fingerprint density at radius 3 is 2.79 bits per heavy atom. The number of hydrogen-bond acceptors (Lipinski definition) is 5. The molecule has 5 rings (SSSR count). The summed E-state index contributed by atoms with van der Waals surface area (Å²) in [6, 6.07) is 14.5. The van der Waals surface area contributed by atoms with Gasteiger partial charge in [0.1, 0.15) is 11.3 Å². The van der Waals surface area contributed by atoms with Gasteiger partial charge in [0.05, 0.1) is 12.0 Å². The van der Waals surface area contributed by atoms with Crippen molar-refractivity contribution in [2.45, 2.75) is 6.42 Å². The Kier molecular flexibility index (Phi) is 4.41. The third kappa shape index (κ3) is 3.43. The number of fused-ring (bicyclic) bond motifs is 2. The number of carbonyl (C=O) groups is 1. The summed E-state index contributed by atoms with van der Waals surface area (Å²) < 4.78 is 10.9. The predicted molar refractivity (Wildman–Crippen MR) is 109 cm³/mol. The minimum Gasteiger partial charge on any atom is -0.482 e. The van der Waals surface area contributed by atoms with Gasteiger partial charge >= 0.3 is 0 Å². The first-order valence-corrected chi connectivity index (χ1v) is 9.75. The molecule has 0 radical (unpaired) electrons. The van der Waals surface area contributed by atoms with E-state index in [1.165, 1.54) is 11.3 Å².